The predicted molar refractivity (Wildman–Crippen MR) is 203 cm³/mol. The van der Waals surface area contributed by atoms with Crippen molar-refractivity contribution in [3.8, 4) is 0 Å². The molecule has 0 N–H and O–H groups in total. The summed E-state index contributed by atoms with van der Waals surface area (Å²) in [6.07, 6.45) is 1.03. The topological polar surface area (TPSA) is 0 Å². The fraction of sp³-hybridized carbons (Fsp3) is 0.333. The number of rotatable bonds is 2. The summed E-state index contributed by atoms with van der Waals surface area (Å²) in [5, 5.41) is 0. The minimum absolute atomic E-state index is 0. The SMILES string of the molecule is C.Cc1cc(C)c(C)c(C)c1C.Cc1ccc(C)c(C)c1.Cc1ccc(Cc2ccc(C)cc2)cc1.Cc1cccc(C)c1C. The highest BCUT2D eigenvalue weighted by atomic mass is 14.1. The molecule has 45 heavy (non-hydrogen) atoms. The van der Waals surface area contributed by atoms with E-state index in [9.17, 15) is 0 Å². The highest BCUT2D eigenvalue weighted by Gasteiger charge is 2.02. The van der Waals surface area contributed by atoms with Crippen molar-refractivity contribution in [1.82, 2.24) is 0 Å². The fourth-order valence-corrected chi connectivity index (χ4v) is 4.85. The van der Waals surface area contributed by atoms with Gasteiger partial charge in [-0.15, -0.1) is 0 Å². The second-order valence-electron chi connectivity index (χ2n) is 12.6. The quantitative estimate of drug-likeness (QED) is 0.189. The van der Waals surface area contributed by atoms with E-state index in [-0.39, 0.29) is 7.43 Å². The van der Waals surface area contributed by atoms with Gasteiger partial charge in [0.15, 0.2) is 0 Å². The molecule has 5 aromatic carbocycles. The van der Waals surface area contributed by atoms with Gasteiger partial charge in [-0.1, -0.05) is 115 Å². The molecule has 240 valence electrons. The third kappa shape index (κ3) is 12.9. The van der Waals surface area contributed by atoms with Crippen LogP contribution in [0.4, 0.5) is 0 Å². The highest BCUT2D eigenvalue weighted by Crippen LogP contribution is 2.20. The molecule has 0 saturated carbocycles. The van der Waals surface area contributed by atoms with Crippen molar-refractivity contribution in [2.75, 3.05) is 0 Å². The Morgan fingerprint density at radius 2 is 0.711 bits per heavy atom. The van der Waals surface area contributed by atoms with E-state index in [1.54, 1.807) is 0 Å². The van der Waals surface area contributed by atoms with E-state index in [1.807, 2.05) is 0 Å². The highest BCUT2D eigenvalue weighted by molar-refractivity contribution is 5.43. The van der Waals surface area contributed by atoms with E-state index < -0.39 is 0 Å². The Labute approximate surface area is 277 Å². The summed E-state index contributed by atoms with van der Waals surface area (Å²) in [4.78, 5) is 0. The van der Waals surface area contributed by atoms with Crippen LogP contribution in [0.1, 0.15) is 90.9 Å². The number of aryl methyl sites for hydroxylation is 9. The zero-order chi connectivity index (χ0) is 33.0. The molecule has 0 bridgehead atoms. The summed E-state index contributed by atoms with van der Waals surface area (Å²) in [6, 6.07) is 32.6. The van der Waals surface area contributed by atoms with Gasteiger partial charge in [0, 0.05) is 0 Å². The van der Waals surface area contributed by atoms with Gasteiger partial charge < -0.3 is 0 Å². The van der Waals surface area contributed by atoms with Gasteiger partial charge in [0.05, 0.1) is 0 Å². The van der Waals surface area contributed by atoms with Crippen molar-refractivity contribution >= 4 is 0 Å². The third-order valence-corrected chi connectivity index (χ3v) is 8.93. The molecule has 0 heteroatoms. The van der Waals surface area contributed by atoms with Crippen molar-refractivity contribution < 1.29 is 0 Å². The molecule has 0 radical (unpaired) electrons. The van der Waals surface area contributed by atoms with Crippen LogP contribution in [0.25, 0.3) is 0 Å². The first-order valence-corrected chi connectivity index (χ1v) is 15.9. The van der Waals surface area contributed by atoms with Gasteiger partial charge in [0.2, 0.25) is 0 Å². The maximum absolute atomic E-state index is 2.26. The Morgan fingerprint density at radius 1 is 0.311 bits per heavy atom. The molecule has 0 fully saturated rings. The Morgan fingerprint density at radius 3 is 1.07 bits per heavy atom. The molecule has 0 unspecified atom stereocenters. The van der Waals surface area contributed by atoms with Crippen LogP contribution in [0, 0.1) is 90.0 Å². The zero-order valence-corrected chi connectivity index (χ0v) is 29.9. The monoisotopic (exact) mass is 600 g/mol. The third-order valence-electron chi connectivity index (χ3n) is 8.93. The van der Waals surface area contributed by atoms with E-state index in [1.165, 1.54) is 83.5 Å². The van der Waals surface area contributed by atoms with E-state index >= 15 is 0 Å². The average molecular weight is 601 g/mol. The Balaban J connectivity index is 0.000000305. The van der Waals surface area contributed by atoms with Gasteiger partial charge in [-0.3, -0.25) is 0 Å². The van der Waals surface area contributed by atoms with Crippen LogP contribution < -0.4 is 0 Å². The largest absolute Gasteiger partial charge is 0.0776 e. The lowest BCUT2D eigenvalue weighted by Crippen LogP contribution is -1.93. The van der Waals surface area contributed by atoms with Crippen LogP contribution >= 0.6 is 0 Å². The van der Waals surface area contributed by atoms with Gasteiger partial charge >= 0.3 is 0 Å². The number of benzene rings is 5. The summed E-state index contributed by atoms with van der Waals surface area (Å²) in [5.41, 5.74) is 20.8. The Hall–Kier alpha value is -3.90. The van der Waals surface area contributed by atoms with Crippen LogP contribution in [-0.2, 0) is 6.42 Å². The molecule has 5 aromatic rings. The molecule has 0 saturated heterocycles. The average Bonchev–Trinajstić information content (AvgIpc) is 2.99. The van der Waals surface area contributed by atoms with Crippen molar-refractivity contribution in [3.05, 3.63) is 174 Å². The molecular weight excluding hydrogens is 540 g/mol. The first-order chi connectivity index (χ1) is 20.7. The maximum Gasteiger partial charge on any atom is -0.00258 e. The van der Waals surface area contributed by atoms with Crippen LogP contribution in [0.2, 0.25) is 0 Å². The van der Waals surface area contributed by atoms with Crippen molar-refractivity contribution in [2.45, 2.75) is 104 Å². The minimum Gasteiger partial charge on any atom is -0.0776 e. The Kier molecular flexibility index (Phi) is 16.3. The summed E-state index contributed by atoms with van der Waals surface area (Å²) < 4.78 is 0. The summed E-state index contributed by atoms with van der Waals surface area (Å²) >= 11 is 0. The van der Waals surface area contributed by atoms with Crippen molar-refractivity contribution in [3.63, 3.8) is 0 Å². The molecule has 0 atom stereocenters. The van der Waals surface area contributed by atoms with E-state index in [0.29, 0.717) is 0 Å². The standard InChI is InChI=1S/C15H16.C11H16.2C9H12.CH4/c1-12-3-7-14(8-4-12)11-15-9-5-13(2)6-10-15;1-7-6-8(2)10(4)11(5)9(7)3;1-7-4-5-8(2)9(3)6-7;1-7-5-4-6-8(2)9(7)3;/h3-10H,11H2,1-2H3;6H,1-5H3;2*4-6H,1-3H3;1H4. The summed E-state index contributed by atoms with van der Waals surface area (Å²) in [5.74, 6) is 0. The van der Waals surface area contributed by atoms with E-state index in [2.05, 4.69) is 181 Å². The molecule has 0 heterocycles. The summed E-state index contributed by atoms with van der Waals surface area (Å²) in [6.45, 7) is 28.0. The molecule has 0 aliphatic heterocycles. The van der Waals surface area contributed by atoms with E-state index in [0.717, 1.165) is 6.42 Å². The number of hydrogen-bond acceptors (Lipinski definition) is 0. The molecule has 0 amide bonds. The first-order valence-electron chi connectivity index (χ1n) is 15.9. The molecule has 0 spiro atoms. The molecule has 0 aromatic heterocycles. The van der Waals surface area contributed by atoms with Gasteiger partial charge in [-0.25, -0.2) is 0 Å². The maximum atomic E-state index is 2.26. The van der Waals surface area contributed by atoms with Crippen molar-refractivity contribution in [2.24, 2.45) is 0 Å². The van der Waals surface area contributed by atoms with Crippen LogP contribution in [0.3, 0.4) is 0 Å². The van der Waals surface area contributed by atoms with Gasteiger partial charge in [0.1, 0.15) is 0 Å². The molecule has 5 rings (SSSR count). The van der Waals surface area contributed by atoms with Crippen molar-refractivity contribution in [1.29, 1.82) is 0 Å². The molecule has 0 aliphatic carbocycles. The molecule has 0 aliphatic rings. The van der Waals surface area contributed by atoms with Crippen LogP contribution in [-0.4, -0.2) is 0 Å². The molecule has 0 nitrogen and oxygen atoms in total. The normalized spacial score (nSPS) is 9.80. The summed E-state index contributed by atoms with van der Waals surface area (Å²) in [7, 11) is 0. The van der Waals surface area contributed by atoms with Crippen LogP contribution in [0.5, 0.6) is 0 Å². The van der Waals surface area contributed by atoms with Gasteiger partial charge in [0.25, 0.3) is 0 Å². The zero-order valence-electron chi connectivity index (χ0n) is 29.9. The van der Waals surface area contributed by atoms with Gasteiger partial charge in [-0.05, 0) is 163 Å². The Bertz CT molecular complexity index is 1520. The first kappa shape index (κ1) is 39.1. The lowest BCUT2D eigenvalue weighted by atomic mass is 9.96. The second kappa shape index (κ2) is 18.8. The van der Waals surface area contributed by atoms with E-state index in [4.69, 9.17) is 0 Å². The van der Waals surface area contributed by atoms with Crippen LogP contribution in [0.15, 0.2) is 91.0 Å². The minimum atomic E-state index is 0. The lowest BCUT2D eigenvalue weighted by Gasteiger charge is -2.10. The fourth-order valence-electron chi connectivity index (χ4n) is 4.85. The smallest absolute Gasteiger partial charge is 0.00258 e. The van der Waals surface area contributed by atoms with Gasteiger partial charge in [-0.2, -0.15) is 0 Å². The lowest BCUT2D eigenvalue weighted by molar-refractivity contribution is 1.18. The molecular formula is C45H60. The predicted octanol–water partition coefficient (Wildman–Crippen LogP) is 13.0. The second-order valence-corrected chi connectivity index (χ2v) is 12.6. The number of hydrogen-bond donors (Lipinski definition) is 0.